The van der Waals surface area contributed by atoms with Gasteiger partial charge in [-0.1, -0.05) is 32.4 Å². The maximum atomic E-state index is 14.3. The van der Waals surface area contributed by atoms with Crippen molar-refractivity contribution >= 4 is 0 Å². The van der Waals surface area contributed by atoms with E-state index in [0.29, 0.717) is 24.3 Å². The van der Waals surface area contributed by atoms with Gasteiger partial charge in [-0.05, 0) is 37.9 Å². The first-order chi connectivity index (χ1) is 10.2. The number of methoxy groups -OCH3 is 1. The SMILES string of the molecule is CCCC(OCC)C(Cc1cccc(OC)c1F)NCC. The van der Waals surface area contributed by atoms with E-state index in [1.54, 1.807) is 6.07 Å². The van der Waals surface area contributed by atoms with Gasteiger partial charge in [-0.2, -0.15) is 0 Å². The zero-order valence-electron chi connectivity index (χ0n) is 13.6. The van der Waals surface area contributed by atoms with E-state index in [4.69, 9.17) is 9.47 Å². The van der Waals surface area contributed by atoms with Crippen LogP contribution in [0, 0.1) is 5.82 Å². The molecule has 0 spiro atoms. The smallest absolute Gasteiger partial charge is 0.168 e. The zero-order valence-corrected chi connectivity index (χ0v) is 13.6. The summed E-state index contributed by atoms with van der Waals surface area (Å²) >= 11 is 0. The highest BCUT2D eigenvalue weighted by molar-refractivity contribution is 5.31. The molecule has 0 aliphatic rings. The maximum Gasteiger partial charge on any atom is 0.168 e. The van der Waals surface area contributed by atoms with Crippen LogP contribution in [-0.2, 0) is 11.2 Å². The number of ether oxygens (including phenoxy) is 2. The molecule has 0 saturated carbocycles. The normalized spacial score (nSPS) is 14.0. The minimum absolute atomic E-state index is 0.102. The first-order valence-electron chi connectivity index (χ1n) is 7.84. The van der Waals surface area contributed by atoms with Gasteiger partial charge >= 0.3 is 0 Å². The summed E-state index contributed by atoms with van der Waals surface area (Å²) in [6.45, 7) is 7.71. The fourth-order valence-corrected chi connectivity index (χ4v) is 2.60. The average molecular weight is 297 g/mol. The van der Waals surface area contributed by atoms with Gasteiger partial charge in [0, 0.05) is 12.6 Å². The lowest BCUT2D eigenvalue weighted by molar-refractivity contribution is 0.0283. The van der Waals surface area contributed by atoms with Crippen LogP contribution in [-0.4, -0.2) is 32.4 Å². The summed E-state index contributed by atoms with van der Waals surface area (Å²) in [5, 5.41) is 3.43. The Morgan fingerprint density at radius 2 is 2.00 bits per heavy atom. The third-order valence-corrected chi connectivity index (χ3v) is 3.57. The van der Waals surface area contributed by atoms with Crippen molar-refractivity contribution in [2.75, 3.05) is 20.3 Å². The van der Waals surface area contributed by atoms with Gasteiger partial charge in [-0.15, -0.1) is 0 Å². The van der Waals surface area contributed by atoms with E-state index in [9.17, 15) is 4.39 Å². The Balaban J connectivity index is 2.90. The summed E-state index contributed by atoms with van der Waals surface area (Å²) in [6, 6.07) is 5.40. The Labute approximate surface area is 127 Å². The van der Waals surface area contributed by atoms with Gasteiger partial charge in [0.1, 0.15) is 0 Å². The molecule has 0 aliphatic carbocycles. The van der Waals surface area contributed by atoms with Crippen LogP contribution in [0.5, 0.6) is 5.75 Å². The molecule has 2 atom stereocenters. The average Bonchev–Trinajstić information content (AvgIpc) is 2.48. The van der Waals surface area contributed by atoms with E-state index < -0.39 is 0 Å². The predicted octanol–water partition coefficient (Wildman–Crippen LogP) is 3.56. The zero-order chi connectivity index (χ0) is 15.7. The number of benzene rings is 1. The van der Waals surface area contributed by atoms with Crippen molar-refractivity contribution < 1.29 is 13.9 Å². The first-order valence-corrected chi connectivity index (χ1v) is 7.84. The molecule has 0 fully saturated rings. The van der Waals surface area contributed by atoms with Gasteiger partial charge < -0.3 is 14.8 Å². The van der Waals surface area contributed by atoms with Crippen molar-refractivity contribution in [3.63, 3.8) is 0 Å². The highest BCUT2D eigenvalue weighted by atomic mass is 19.1. The predicted molar refractivity (Wildman–Crippen MR) is 84.4 cm³/mol. The number of likely N-dealkylation sites (N-methyl/N-ethyl adjacent to an activating group) is 1. The molecule has 0 saturated heterocycles. The van der Waals surface area contributed by atoms with E-state index in [2.05, 4.69) is 19.2 Å². The van der Waals surface area contributed by atoms with E-state index in [-0.39, 0.29) is 18.0 Å². The monoisotopic (exact) mass is 297 g/mol. The molecule has 0 aromatic heterocycles. The van der Waals surface area contributed by atoms with Gasteiger partial charge in [0.05, 0.1) is 13.2 Å². The summed E-state index contributed by atoms with van der Waals surface area (Å²) in [5.41, 5.74) is 0.668. The number of nitrogens with one attached hydrogen (secondary N) is 1. The second-order valence-electron chi connectivity index (χ2n) is 5.08. The molecule has 0 bridgehead atoms. The third kappa shape index (κ3) is 5.29. The van der Waals surface area contributed by atoms with E-state index in [0.717, 1.165) is 19.4 Å². The van der Waals surface area contributed by atoms with Crippen molar-refractivity contribution in [3.8, 4) is 5.75 Å². The number of halogens is 1. The van der Waals surface area contributed by atoms with Gasteiger partial charge in [0.15, 0.2) is 11.6 Å². The van der Waals surface area contributed by atoms with E-state index in [1.807, 2.05) is 19.1 Å². The van der Waals surface area contributed by atoms with Crippen LogP contribution >= 0.6 is 0 Å². The molecule has 0 radical (unpaired) electrons. The van der Waals surface area contributed by atoms with Crippen molar-refractivity contribution in [2.45, 2.75) is 52.2 Å². The van der Waals surface area contributed by atoms with Gasteiger partial charge in [0.25, 0.3) is 0 Å². The molecule has 1 aromatic rings. The topological polar surface area (TPSA) is 30.5 Å². The van der Waals surface area contributed by atoms with Crippen molar-refractivity contribution in [3.05, 3.63) is 29.6 Å². The Bertz CT molecular complexity index is 406. The second-order valence-corrected chi connectivity index (χ2v) is 5.08. The highest BCUT2D eigenvalue weighted by Crippen LogP contribution is 2.22. The fourth-order valence-electron chi connectivity index (χ4n) is 2.60. The Kier molecular flexibility index (Phi) is 8.31. The number of hydrogen-bond acceptors (Lipinski definition) is 3. The van der Waals surface area contributed by atoms with Crippen LogP contribution in [0.3, 0.4) is 0 Å². The lowest BCUT2D eigenvalue weighted by Gasteiger charge is -2.28. The Hall–Kier alpha value is -1.13. The highest BCUT2D eigenvalue weighted by Gasteiger charge is 2.22. The van der Waals surface area contributed by atoms with Gasteiger partial charge in [-0.25, -0.2) is 4.39 Å². The minimum Gasteiger partial charge on any atom is -0.494 e. The lowest BCUT2D eigenvalue weighted by atomic mass is 9.97. The Morgan fingerprint density at radius 3 is 2.57 bits per heavy atom. The van der Waals surface area contributed by atoms with Crippen molar-refractivity contribution in [1.29, 1.82) is 0 Å². The van der Waals surface area contributed by atoms with Crippen molar-refractivity contribution in [1.82, 2.24) is 5.32 Å². The third-order valence-electron chi connectivity index (χ3n) is 3.57. The number of rotatable bonds is 10. The number of hydrogen-bond donors (Lipinski definition) is 1. The quantitative estimate of drug-likeness (QED) is 0.716. The van der Waals surface area contributed by atoms with Gasteiger partial charge in [-0.3, -0.25) is 0 Å². The summed E-state index contributed by atoms with van der Waals surface area (Å²) in [5.74, 6) is 0.0286. The molecule has 120 valence electrons. The van der Waals surface area contributed by atoms with Crippen LogP contribution in [0.2, 0.25) is 0 Å². The summed E-state index contributed by atoms with van der Waals surface area (Å²) in [7, 11) is 1.49. The van der Waals surface area contributed by atoms with Crippen LogP contribution in [0.15, 0.2) is 18.2 Å². The molecule has 4 heteroatoms. The largest absolute Gasteiger partial charge is 0.494 e. The molecule has 1 aromatic carbocycles. The Morgan fingerprint density at radius 1 is 1.24 bits per heavy atom. The molecule has 21 heavy (non-hydrogen) atoms. The minimum atomic E-state index is -0.269. The molecule has 0 heterocycles. The summed E-state index contributed by atoms with van der Waals surface area (Å²) in [4.78, 5) is 0. The molecule has 1 rings (SSSR count). The lowest BCUT2D eigenvalue weighted by Crippen LogP contribution is -2.43. The molecule has 0 amide bonds. The molecule has 1 N–H and O–H groups in total. The summed E-state index contributed by atoms with van der Waals surface area (Å²) < 4.78 is 25.2. The van der Waals surface area contributed by atoms with Crippen molar-refractivity contribution in [2.24, 2.45) is 0 Å². The maximum absolute atomic E-state index is 14.3. The molecular formula is C17H28FNO2. The van der Waals surface area contributed by atoms with Crippen LogP contribution < -0.4 is 10.1 Å². The molecule has 3 nitrogen and oxygen atoms in total. The summed E-state index contributed by atoms with van der Waals surface area (Å²) in [6.07, 6.45) is 2.72. The van der Waals surface area contributed by atoms with E-state index in [1.165, 1.54) is 7.11 Å². The van der Waals surface area contributed by atoms with E-state index >= 15 is 0 Å². The molecule has 0 aliphatic heterocycles. The van der Waals surface area contributed by atoms with Crippen LogP contribution in [0.25, 0.3) is 0 Å². The molecule has 2 unspecified atom stereocenters. The molecular weight excluding hydrogens is 269 g/mol. The first kappa shape index (κ1) is 17.9. The fraction of sp³-hybridized carbons (Fsp3) is 0.647. The second kappa shape index (κ2) is 9.74. The standard InChI is InChI=1S/C17H28FNO2/c1-5-9-15(21-7-3)14(19-6-2)12-13-10-8-11-16(20-4)17(13)18/h8,10-11,14-15,19H,5-7,9,12H2,1-4H3. The van der Waals surface area contributed by atoms with Gasteiger partial charge in [0.2, 0.25) is 0 Å². The van der Waals surface area contributed by atoms with Crippen LogP contribution in [0.1, 0.15) is 39.2 Å². The van der Waals surface area contributed by atoms with Crippen LogP contribution in [0.4, 0.5) is 4.39 Å².